The summed E-state index contributed by atoms with van der Waals surface area (Å²) < 4.78 is 26.9. The molecule has 2 heterocycles. The first-order valence-electron chi connectivity index (χ1n) is 9.61. The predicted octanol–water partition coefficient (Wildman–Crippen LogP) is 0.785. The zero-order chi connectivity index (χ0) is 19.6. The molecular weight excluding hydrogens is 364 g/mol. The van der Waals surface area contributed by atoms with E-state index in [1.807, 2.05) is 32.0 Å². The van der Waals surface area contributed by atoms with Crippen LogP contribution in [0.3, 0.4) is 0 Å². The highest BCUT2D eigenvalue weighted by Gasteiger charge is 2.33. The van der Waals surface area contributed by atoms with Crippen LogP contribution in [-0.2, 0) is 14.8 Å². The van der Waals surface area contributed by atoms with Crippen LogP contribution in [0.4, 0.5) is 5.69 Å². The Kier molecular flexibility index (Phi) is 6.08. The second kappa shape index (κ2) is 8.16. The summed E-state index contributed by atoms with van der Waals surface area (Å²) >= 11 is 0. The number of carbonyl (C=O) groups excluding carboxylic acids is 1. The van der Waals surface area contributed by atoms with E-state index in [0.717, 1.165) is 18.5 Å². The number of nitrogens with zero attached hydrogens (tertiary/aromatic N) is 3. The maximum Gasteiger partial charge on any atom is 0.239 e. The molecule has 7 nitrogen and oxygen atoms in total. The lowest BCUT2D eigenvalue weighted by molar-refractivity contribution is -0.131. The van der Waals surface area contributed by atoms with Crippen molar-refractivity contribution in [3.05, 3.63) is 29.8 Å². The molecule has 0 saturated carbocycles. The van der Waals surface area contributed by atoms with Gasteiger partial charge in [-0.25, -0.2) is 8.42 Å². The van der Waals surface area contributed by atoms with Gasteiger partial charge in [-0.1, -0.05) is 12.1 Å². The van der Waals surface area contributed by atoms with Crippen molar-refractivity contribution in [1.82, 2.24) is 9.21 Å². The van der Waals surface area contributed by atoms with E-state index in [1.165, 1.54) is 9.87 Å². The molecule has 0 unspecified atom stereocenters. The number of rotatable bonds is 4. The molecule has 150 valence electrons. The molecule has 1 aromatic rings. The van der Waals surface area contributed by atoms with Gasteiger partial charge in [-0.2, -0.15) is 4.31 Å². The van der Waals surface area contributed by atoms with Gasteiger partial charge < -0.3 is 15.5 Å². The molecule has 1 amide bonds. The van der Waals surface area contributed by atoms with E-state index >= 15 is 0 Å². The maximum absolute atomic E-state index is 12.7. The lowest BCUT2D eigenvalue weighted by atomic mass is 9.99. The number of anilines is 1. The van der Waals surface area contributed by atoms with Crippen molar-refractivity contribution in [2.24, 2.45) is 5.73 Å². The monoisotopic (exact) mass is 394 g/mol. The number of nitrogens with two attached hydrogens (primary N) is 1. The molecule has 0 spiro atoms. The van der Waals surface area contributed by atoms with Gasteiger partial charge >= 0.3 is 0 Å². The van der Waals surface area contributed by atoms with Crippen LogP contribution in [-0.4, -0.2) is 74.1 Å². The first kappa shape index (κ1) is 20.1. The third-order valence-corrected chi connectivity index (χ3v) is 7.31. The Hall–Kier alpha value is -1.64. The Labute approximate surface area is 162 Å². The molecule has 2 aliphatic heterocycles. The quantitative estimate of drug-likeness (QED) is 0.816. The van der Waals surface area contributed by atoms with Gasteiger partial charge in [-0.05, 0) is 44.4 Å². The first-order valence-corrected chi connectivity index (χ1v) is 11.2. The third-order valence-electron chi connectivity index (χ3n) is 5.54. The van der Waals surface area contributed by atoms with E-state index in [2.05, 4.69) is 11.0 Å². The van der Waals surface area contributed by atoms with Crippen molar-refractivity contribution in [3.8, 4) is 0 Å². The number of sulfonamides is 1. The van der Waals surface area contributed by atoms with Crippen LogP contribution in [0.2, 0.25) is 0 Å². The van der Waals surface area contributed by atoms with Crippen LogP contribution in [0.1, 0.15) is 25.3 Å². The number of aryl methyl sites for hydroxylation is 1. The lowest BCUT2D eigenvalue weighted by Crippen LogP contribution is -2.53. The summed E-state index contributed by atoms with van der Waals surface area (Å²) in [5.41, 5.74) is 8.23. The molecule has 27 heavy (non-hydrogen) atoms. The van der Waals surface area contributed by atoms with Crippen LogP contribution >= 0.6 is 0 Å². The van der Waals surface area contributed by atoms with E-state index in [1.54, 1.807) is 4.90 Å². The Morgan fingerprint density at radius 3 is 2.52 bits per heavy atom. The number of piperidine rings is 1. The Bertz CT molecular complexity index is 775. The average molecular weight is 395 g/mol. The molecule has 2 aliphatic rings. The number of amides is 1. The highest BCUT2D eigenvalue weighted by molar-refractivity contribution is 7.89. The van der Waals surface area contributed by atoms with Crippen LogP contribution in [0.5, 0.6) is 0 Å². The van der Waals surface area contributed by atoms with Crippen LogP contribution < -0.4 is 10.6 Å². The van der Waals surface area contributed by atoms with E-state index < -0.39 is 15.8 Å². The molecule has 0 aliphatic carbocycles. The van der Waals surface area contributed by atoms with Crippen molar-refractivity contribution < 1.29 is 13.2 Å². The number of hydrogen-bond donors (Lipinski definition) is 1. The standard InChI is InChI=1S/C19H30N4O3S/c1-15-4-3-5-18(12-15)21-8-10-22(11-9-21)27(25,26)14-19(24)23-7-6-17(20)13-16(23)2/h3-5,12,16-17H,6-11,13-14,20H2,1-2H3/t16-,17-/m0/s1. The fraction of sp³-hybridized carbons (Fsp3) is 0.632. The summed E-state index contributed by atoms with van der Waals surface area (Å²) in [6.07, 6.45) is 1.45. The first-order chi connectivity index (χ1) is 12.8. The molecule has 2 saturated heterocycles. The highest BCUT2D eigenvalue weighted by Crippen LogP contribution is 2.20. The van der Waals surface area contributed by atoms with Gasteiger partial charge in [0.1, 0.15) is 5.75 Å². The molecule has 0 radical (unpaired) electrons. The van der Waals surface area contributed by atoms with Crippen molar-refractivity contribution in [2.45, 2.75) is 38.8 Å². The van der Waals surface area contributed by atoms with Gasteiger partial charge in [-0.15, -0.1) is 0 Å². The molecule has 0 bridgehead atoms. The molecule has 8 heteroatoms. The number of benzene rings is 1. The second-order valence-electron chi connectivity index (χ2n) is 7.70. The van der Waals surface area contributed by atoms with Gasteiger partial charge in [-0.3, -0.25) is 4.79 Å². The average Bonchev–Trinajstić information content (AvgIpc) is 2.61. The fourth-order valence-electron chi connectivity index (χ4n) is 3.96. The zero-order valence-electron chi connectivity index (χ0n) is 16.2. The Balaban J connectivity index is 1.57. The van der Waals surface area contributed by atoms with Crippen molar-refractivity contribution in [1.29, 1.82) is 0 Å². The summed E-state index contributed by atoms with van der Waals surface area (Å²) in [7, 11) is -3.60. The summed E-state index contributed by atoms with van der Waals surface area (Å²) in [5.74, 6) is -0.757. The predicted molar refractivity (Wildman–Crippen MR) is 107 cm³/mol. The summed E-state index contributed by atoms with van der Waals surface area (Å²) in [6, 6.07) is 8.30. The molecule has 1 aromatic carbocycles. The smallest absolute Gasteiger partial charge is 0.239 e. The molecule has 2 N–H and O–H groups in total. The van der Waals surface area contributed by atoms with Gasteiger partial charge in [0.15, 0.2) is 0 Å². The molecular formula is C19H30N4O3S. The van der Waals surface area contributed by atoms with Gasteiger partial charge in [0.05, 0.1) is 0 Å². The number of hydrogen-bond acceptors (Lipinski definition) is 5. The summed E-state index contributed by atoms with van der Waals surface area (Å²) in [4.78, 5) is 16.4. The van der Waals surface area contributed by atoms with Crippen molar-refractivity contribution in [2.75, 3.05) is 43.4 Å². The molecule has 2 fully saturated rings. The minimum Gasteiger partial charge on any atom is -0.369 e. The van der Waals surface area contributed by atoms with Crippen LogP contribution in [0.15, 0.2) is 24.3 Å². The SMILES string of the molecule is Cc1cccc(N2CCN(S(=O)(=O)CC(=O)N3CC[C@H](N)C[C@@H]3C)CC2)c1. The summed E-state index contributed by atoms with van der Waals surface area (Å²) in [6.45, 7) is 6.60. The van der Waals surface area contributed by atoms with Gasteiger partial charge in [0.25, 0.3) is 0 Å². The maximum atomic E-state index is 12.7. The summed E-state index contributed by atoms with van der Waals surface area (Å²) in [5, 5.41) is 0. The van der Waals surface area contributed by atoms with Crippen molar-refractivity contribution >= 4 is 21.6 Å². The van der Waals surface area contributed by atoms with Gasteiger partial charge in [0, 0.05) is 50.5 Å². The molecule has 0 aromatic heterocycles. The number of piperazine rings is 1. The topological polar surface area (TPSA) is 87.0 Å². The zero-order valence-corrected chi connectivity index (χ0v) is 17.0. The Morgan fingerprint density at radius 2 is 1.89 bits per heavy atom. The number of carbonyl (C=O) groups is 1. The second-order valence-corrected chi connectivity index (χ2v) is 9.67. The van der Waals surface area contributed by atoms with E-state index in [-0.39, 0.29) is 18.0 Å². The lowest BCUT2D eigenvalue weighted by Gasteiger charge is -2.38. The van der Waals surface area contributed by atoms with E-state index in [4.69, 9.17) is 5.73 Å². The fourth-order valence-corrected chi connectivity index (χ4v) is 5.34. The third kappa shape index (κ3) is 4.80. The van der Waals surface area contributed by atoms with E-state index in [9.17, 15) is 13.2 Å². The Morgan fingerprint density at radius 1 is 1.19 bits per heavy atom. The number of likely N-dealkylation sites (tertiary alicyclic amines) is 1. The normalized spacial score (nSPS) is 24.9. The van der Waals surface area contributed by atoms with Gasteiger partial charge in [0.2, 0.25) is 15.9 Å². The van der Waals surface area contributed by atoms with Crippen LogP contribution in [0.25, 0.3) is 0 Å². The minimum absolute atomic E-state index is 0.00498. The van der Waals surface area contributed by atoms with Crippen LogP contribution in [0, 0.1) is 6.92 Å². The minimum atomic E-state index is -3.60. The van der Waals surface area contributed by atoms with E-state index in [0.29, 0.717) is 32.7 Å². The van der Waals surface area contributed by atoms with Crippen molar-refractivity contribution in [3.63, 3.8) is 0 Å². The molecule has 3 rings (SSSR count). The highest BCUT2D eigenvalue weighted by atomic mass is 32.2. The largest absolute Gasteiger partial charge is 0.369 e. The molecule has 2 atom stereocenters.